The van der Waals surface area contributed by atoms with Crippen LogP contribution in [0.4, 0.5) is 0 Å². The van der Waals surface area contributed by atoms with Crippen molar-refractivity contribution >= 4 is 5.96 Å². The van der Waals surface area contributed by atoms with E-state index in [0.29, 0.717) is 0 Å². The molecule has 2 rings (SSSR count). The summed E-state index contributed by atoms with van der Waals surface area (Å²) in [4.78, 5) is 6.88. The molecule has 1 saturated carbocycles. The predicted molar refractivity (Wildman–Crippen MR) is 73.0 cm³/mol. The fraction of sp³-hybridized carbons (Fsp3) is 0.929. The van der Waals surface area contributed by atoms with E-state index in [-0.39, 0.29) is 0 Å². The third kappa shape index (κ3) is 3.90. The second-order valence-electron chi connectivity index (χ2n) is 5.87. The number of nitrogens with zero attached hydrogens (tertiary/aromatic N) is 2. The van der Waals surface area contributed by atoms with Crippen molar-refractivity contribution in [1.82, 2.24) is 4.90 Å². The zero-order valence-corrected chi connectivity index (χ0v) is 11.2. The first-order valence-electron chi connectivity index (χ1n) is 7.30. The third-order valence-electron chi connectivity index (χ3n) is 4.33. The molecule has 2 N–H and O–H groups in total. The number of guanidine groups is 1. The third-order valence-corrected chi connectivity index (χ3v) is 4.33. The minimum Gasteiger partial charge on any atom is -0.370 e. The van der Waals surface area contributed by atoms with Crippen LogP contribution in [0.1, 0.15) is 51.9 Å². The van der Waals surface area contributed by atoms with Crippen LogP contribution in [0.15, 0.2) is 4.99 Å². The minimum absolute atomic E-state index is 0.787. The van der Waals surface area contributed by atoms with E-state index in [1.165, 1.54) is 44.9 Å². The summed E-state index contributed by atoms with van der Waals surface area (Å²) in [7, 11) is 0. The van der Waals surface area contributed by atoms with Crippen LogP contribution in [-0.2, 0) is 0 Å². The van der Waals surface area contributed by atoms with Gasteiger partial charge >= 0.3 is 0 Å². The van der Waals surface area contributed by atoms with E-state index in [0.717, 1.165) is 37.4 Å². The number of aliphatic imine (C=N–C) groups is 1. The molecule has 1 heterocycles. The standard InChI is InChI=1S/C14H27N3/c1-12-5-7-13(8-6-12)11-16-14(15)17-9-3-2-4-10-17/h12-13H,2-11H2,1H3,(H2,15,16). The Kier molecular flexibility index (Phi) is 4.69. The second-order valence-corrected chi connectivity index (χ2v) is 5.87. The van der Waals surface area contributed by atoms with Gasteiger partial charge in [0.2, 0.25) is 0 Å². The first-order valence-corrected chi connectivity index (χ1v) is 7.30. The maximum atomic E-state index is 6.07. The molecule has 0 spiro atoms. The van der Waals surface area contributed by atoms with Crippen molar-refractivity contribution in [2.75, 3.05) is 19.6 Å². The van der Waals surface area contributed by atoms with Gasteiger partial charge in [-0.05, 0) is 43.9 Å². The van der Waals surface area contributed by atoms with E-state index in [4.69, 9.17) is 5.73 Å². The molecule has 1 aliphatic heterocycles. The van der Waals surface area contributed by atoms with Crippen molar-refractivity contribution in [1.29, 1.82) is 0 Å². The first-order chi connectivity index (χ1) is 8.25. The van der Waals surface area contributed by atoms with Crippen LogP contribution in [0.25, 0.3) is 0 Å². The molecule has 2 fully saturated rings. The lowest BCUT2D eigenvalue weighted by molar-refractivity contribution is 0.293. The molecule has 0 unspecified atom stereocenters. The number of piperidine rings is 1. The summed E-state index contributed by atoms with van der Waals surface area (Å²) < 4.78 is 0. The van der Waals surface area contributed by atoms with Gasteiger partial charge in [-0.2, -0.15) is 0 Å². The van der Waals surface area contributed by atoms with E-state index >= 15 is 0 Å². The maximum Gasteiger partial charge on any atom is 0.191 e. The van der Waals surface area contributed by atoms with Crippen LogP contribution in [0.2, 0.25) is 0 Å². The van der Waals surface area contributed by atoms with Crippen molar-refractivity contribution in [3.8, 4) is 0 Å². The number of rotatable bonds is 2. The Morgan fingerprint density at radius 3 is 2.41 bits per heavy atom. The Labute approximate surface area is 105 Å². The molecule has 0 aromatic rings. The van der Waals surface area contributed by atoms with Crippen molar-refractivity contribution in [2.45, 2.75) is 51.9 Å². The average molecular weight is 237 g/mol. The molecule has 0 bridgehead atoms. The van der Waals surface area contributed by atoms with E-state index < -0.39 is 0 Å². The summed E-state index contributed by atoms with van der Waals surface area (Å²) in [6.45, 7) is 5.53. The second kappa shape index (κ2) is 6.27. The quantitative estimate of drug-likeness (QED) is 0.592. The smallest absolute Gasteiger partial charge is 0.191 e. The van der Waals surface area contributed by atoms with E-state index in [9.17, 15) is 0 Å². The van der Waals surface area contributed by atoms with Crippen molar-refractivity contribution in [3.05, 3.63) is 0 Å². The molecule has 0 atom stereocenters. The minimum atomic E-state index is 0.787. The molecule has 0 radical (unpaired) electrons. The summed E-state index contributed by atoms with van der Waals surface area (Å²) in [5.41, 5.74) is 6.07. The molecule has 1 saturated heterocycles. The topological polar surface area (TPSA) is 41.6 Å². The van der Waals surface area contributed by atoms with E-state index in [1.54, 1.807) is 0 Å². The Hall–Kier alpha value is -0.730. The maximum absolute atomic E-state index is 6.07. The molecule has 0 amide bonds. The summed E-state index contributed by atoms with van der Waals surface area (Å²) in [5, 5.41) is 0. The van der Waals surface area contributed by atoms with Crippen LogP contribution >= 0.6 is 0 Å². The van der Waals surface area contributed by atoms with Crippen LogP contribution in [-0.4, -0.2) is 30.5 Å². The van der Waals surface area contributed by atoms with Crippen molar-refractivity contribution in [3.63, 3.8) is 0 Å². The largest absolute Gasteiger partial charge is 0.370 e. The number of nitrogens with two attached hydrogens (primary N) is 1. The molecule has 1 aliphatic carbocycles. The normalized spacial score (nSPS) is 31.6. The molecule has 3 heteroatoms. The van der Waals surface area contributed by atoms with Gasteiger partial charge in [-0.3, -0.25) is 4.99 Å². The predicted octanol–water partition coefficient (Wildman–Crippen LogP) is 2.61. The van der Waals surface area contributed by atoms with Gasteiger partial charge in [0.05, 0.1) is 0 Å². The van der Waals surface area contributed by atoms with Crippen LogP contribution < -0.4 is 5.73 Å². The fourth-order valence-corrected chi connectivity index (χ4v) is 2.96. The van der Waals surface area contributed by atoms with Gasteiger partial charge in [0.1, 0.15) is 0 Å². The molecule has 2 aliphatic rings. The molecule has 0 aromatic carbocycles. The zero-order valence-electron chi connectivity index (χ0n) is 11.2. The highest BCUT2D eigenvalue weighted by atomic mass is 15.2. The number of likely N-dealkylation sites (tertiary alicyclic amines) is 1. The van der Waals surface area contributed by atoms with Crippen LogP contribution in [0, 0.1) is 11.8 Å². The van der Waals surface area contributed by atoms with Crippen molar-refractivity contribution < 1.29 is 0 Å². The van der Waals surface area contributed by atoms with Gasteiger partial charge in [-0.1, -0.05) is 19.8 Å². The lowest BCUT2D eigenvalue weighted by Gasteiger charge is -2.29. The summed E-state index contributed by atoms with van der Waals surface area (Å²) in [5.74, 6) is 2.51. The van der Waals surface area contributed by atoms with Gasteiger partial charge in [-0.25, -0.2) is 0 Å². The Balaban J connectivity index is 1.75. The summed E-state index contributed by atoms with van der Waals surface area (Å²) >= 11 is 0. The molecule has 17 heavy (non-hydrogen) atoms. The number of hydrogen-bond acceptors (Lipinski definition) is 1. The SMILES string of the molecule is CC1CCC(CN=C(N)N2CCCCC2)CC1. The lowest BCUT2D eigenvalue weighted by Crippen LogP contribution is -2.41. The molecule has 3 nitrogen and oxygen atoms in total. The molecule has 98 valence electrons. The van der Waals surface area contributed by atoms with Gasteiger partial charge in [-0.15, -0.1) is 0 Å². The fourth-order valence-electron chi connectivity index (χ4n) is 2.96. The highest BCUT2D eigenvalue weighted by Gasteiger charge is 2.18. The highest BCUT2D eigenvalue weighted by molar-refractivity contribution is 5.78. The highest BCUT2D eigenvalue weighted by Crippen LogP contribution is 2.28. The van der Waals surface area contributed by atoms with Crippen LogP contribution in [0.3, 0.4) is 0 Å². The molecule has 0 aromatic heterocycles. The summed E-state index contributed by atoms with van der Waals surface area (Å²) in [6.07, 6.45) is 9.35. The van der Waals surface area contributed by atoms with Crippen molar-refractivity contribution in [2.24, 2.45) is 22.6 Å². The van der Waals surface area contributed by atoms with Gasteiger partial charge in [0.25, 0.3) is 0 Å². The molecular weight excluding hydrogens is 210 g/mol. The van der Waals surface area contributed by atoms with E-state index in [2.05, 4.69) is 16.8 Å². The average Bonchev–Trinajstić information content (AvgIpc) is 2.39. The van der Waals surface area contributed by atoms with Crippen LogP contribution in [0.5, 0.6) is 0 Å². The number of hydrogen-bond donors (Lipinski definition) is 1. The van der Waals surface area contributed by atoms with Gasteiger partial charge in [0.15, 0.2) is 5.96 Å². The molecular formula is C14H27N3. The monoisotopic (exact) mass is 237 g/mol. The summed E-state index contributed by atoms with van der Waals surface area (Å²) in [6, 6.07) is 0. The van der Waals surface area contributed by atoms with E-state index in [1.807, 2.05) is 0 Å². The first kappa shape index (κ1) is 12.7. The van der Waals surface area contributed by atoms with Gasteiger partial charge < -0.3 is 10.6 Å². The Morgan fingerprint density at radius 1 is 1.12 bits per heavy atom. The lowest BCUT2D eigenvalue weighted by atomic mass is 9.83. The Morgan fingerprint density at radius 2 is 1.76 bits per heavy atom. The zero-order chi connectivity index (χ0) is 12.1. The Bertz CT molecular complexity index is 248. The van der Waals surface area contributed by atoms with Gasteiger partial charge in [0, 0.05) is 19.6 Å².